The highest BCUT2D eigenvalue weighted by Crippen LogP contribution is 2.40. The van der Waals surface area contributed by atoms with E-state index in [1.165, 1.54) is 12.1 Å². The first kappa shape index (κ1) is 20.7. The Morgan fingerprint density at radius 1 is 1.28 bits per heavy atom. The molecule has 0 aliphatic carbocycles. The zero-order valence-corrected chi connectivity index (χ0v) is 15.9. The molecule has 1 aromatic carbocycles. The van der Waals surface area contributed by atoms with Crippen LogP contribution in [-0.4, -0.2) is 27.7 Å². The molecule has 0 aliphatic rings. The summed E-state index contributed by atoms with van der Waals surface area (Å²) >= 11 is 1.86. The van der Waals surface area contributed by atoms with E-state index in [-0.39, 0.29) is 37.2 Å². The molecule has 0 saturated heterocycles. The van der Waals surface area contributed by atoms with Crippen molar-refractivity contribution >= 4 is 50.8 Å². The van der Waals surface area contributed by atoms with Crippen LogP contribution in [0.25, 0.3) is 10.2 Å². The largest absolute Gasteiger partial charge is 0.506 e. The summed E-state index contributed by atoms with van der Waals surface area (Å²) in [7, 11) is 0. The van der Waals surface area contributed by atoms with Crippen LogP contribution in [0.1, 0.15) is 15.9 Å². The van der Waals surface area contributed by atoms with Gasteiger partial charge in [-0.05, 0) is 18.2 Å². The van der Waals surface area contributed by atoms with E-state index in [2.05, 4.69) is 10.3 Å². The predicted molar refractivity (Wildman–Crippen MR) is 103 cm³/mol. The molecule has 0 spiro atoms. The van der Waals surface area contributed by atoms with Crippen LogP contribution in [0.5, 0.6) is 5.75 Å². The number of alkyl halides is 3. The molecule has 2 aromatic heterocycles. The van der Waals surface area contributed by atoms with Crippen molar-refractivity contribution in [3.8, 4) is 5.75 Å². The third-order valence-electron chi connectivity index (χ3n) is 3.68. The Morgan fingerprint density at radius 2 is 2.00 bits per heavy atom. The fourth-order valence-electron chi connectivity index (χ4n) is 2.49. The SMILES string of the molecule is NC(=O)c1c(SCC(=O)Nc2cccc(C(F)(F)F)c2)sc2c(O)cc(=O)[nH]c12. The fraction of sp³-hybridized carbons (Fsp3) is 0.118. The van der Waals surface area contributed by atoms with E-state index in [4.69, 9.17) is 5.73 Å². The van der Waals surface area contributed by atoms with Gasteiger partial charge in [0.05, 0.1) is 31.3 Å². The van der Waals surface area contributed by atoms with Crippen LogP contribution in [0.2, 0.25) is 0 Å². The van der Waals surface area contributed by atoms with Crippen molar-refractivity contribution in [2.75, 3.05) is 11.1 Å². The summed E-state index contributed by atoms with van der Waals surface area (Å²) in [6, 6.07) is 5.11. The molecule has 0 fully saturated rings. The molecule has 0 aliphatic heterocycles. The fourth-order valence-corrected chi connectivity index (χ4v) is 4.74. The maximum atomic E-state index is 12.8. The Hall–Kier alpha value is -2.99. The summed E-state index contributed by atoms with van der Waals surface area (Å²) < 4.78 is 38.8. The quantitative estimate of drug-likeness (QED) is 0.451. The average molecular weight is 443 g/mol. The van der Waals surface area contributed by atoms with E-state index in [0.717, 1.165) is 41.3 Å². The zero-order valence-electron chi connectivity index (χ0n) is 14.3. The summed E-state index contributed by atoms with van der Waals surface area (Å²) in [5.41, 5.74) is 3.81. The second-order valence-electron chi connectivity index (χ2n) is 5.77. The highest BCUT2D eigenvalue weighted by molar-refractivity contribution is 8.02. The van der Waals surface area contributed by atoms with Gasteiger partial charge >= 0.3 is 6.18 Å². The summed E-state index contributed by atoms with van der Waals surface area (Å²) in [6.45, 7) is 0. The van der Waals surface area contributed by atoms with Gasteiger partial charge in [-0.15, -0.1) is 23.1 Å². The summed E-state index contributed by atoms with van der Waals surface area (Å²) in [6.07, 6.45) is -4.54. The zero-order chi connectivity index (χ0) is 21.3. The number of hydrogen-bond donors (Lipinski definition) is 4. The van der Waals surface area contributed by atoms with Crippen LogP contribution in [0.3, 0.4) is 0 Å². The van der Waals surface area contributed by atoms with E-state index in [1.807, 2.05) is 0 Å². The van der Waals surface area contributed by atoms with Crippen LogP contribution >= 0.6 is 23.1 Å². The minimum Gasteiger partial charge on any atom is -0.506 e. The lowest BCUT2D eigenvalue weighted by atomic mass is 10.2. The number of halogens is 3. The van der Waals surface area contributed by atoms with Crippen LogP contribution in [-0.2, 0) is 11.0 Å². The molecule has 7 nitrogen and oxygen atoms in total. The number of amides is 2. The number of aromatic hydroxyl groups is 1. The molecule has 3 rings (SSSR count). The lowest BCUT2D eigenvalue weighted by Crippen LogP contribution is -2.16. The first-order valence-electron chi connectivity index (χ1n) is 7.84. The predicted octanol–water partition coefficient (Wildman–Crippen LogP) is 3.14. The van der Waals surface area contributed by atoms with Crippen molar-refractivity contribution in [2.45, 2.75) is 10.4 Å². The van der Waals surface area contributed by atoms with Gasteiger partial charge in [0.15, 0.2) is 0 Å². The Bertz CT molecular complexity index is 1170. The number of rotatable bonds is 5. The molecular formula is C17H12F3N3O4S2. The number of thiophene rings is 1. The normalized spacial score (nSPS) is 11.6. The lowest BCUT2D eigenvalue weighted by Gasteiger charge is -2.09. The standard InChI is InChI=1S/C17H12F3N3O4S2/c18-17(19,20)7-2-1-3-8(4-7)22-11(26)6-28-16-12(15(21)27)13-14(29-16)9(24)5-10(25)23-13/h1-5H,6H2,(H2,21,27)(H,22,26)(H2,23,24,25). The number of thioether (sulfide) groups is 1. The average Bonchev–Trinajstić information content (AvgIpc) is 2.98. The van der Waals surface area contributed by atoms with E-state index >= 15 is 0 Å². The molecular weight excluding hydrogens is 431 g/mol. The molecule has 5 N–H and O–H groups in total. The molecule has 0 radical (unpaired) electrons. The van der Waals surface area contributed by atoms with Crippen molar-refractivity contribution < 1.29 is 27.9 Å². The lowest BCUT2D eigenvalue weighted by molar-refractivity contribution is -0.137. The first-order valence-corrected chi connectivity index (χ1v) is 9.65. The number of pyridine rings is 1. The molecule has 29 heavy (non-hydrogen) atoms. The first-order chi connectivity index (χ1) is 13.6. The minimum atomic E-state index is -4.54. The Balaban J connectivity index is 1.80. The number of hydrogen-bond acceptors (Lipinski definition) is 6. The van der Waals surface area contributed by atoms with Crippen molar-refractivity contribution in [3.63, 3.8) is 0 Å². The second kappa shape index (κ2) is 7.79. The Kier molecular flexibility index (Phi) is 5.57. The maximum absolute atomic E-state index is 12.8. The third-order valence-corrected chi connectivity index (χ3v) is 6.16. The number of carbonyl (C=O) groups is 2. The summed E-state index contributed by atoms with van der Waals surface area (Å²) in [5.74, 6) is -2.05. The van der Waals surface area contributed by atoms with Gasteiger partial charge in [-0.2, -0.15) is 13.2 Å². The van der Waals surface area contributed by atoms with E-state index in [1.54, 1.807) is 0 Å². The third kappa shape index (κ3) is 4.54. The van der Waals surface area contributed by atoms with Gasteiger partial charge in [-0.1, -0.05) is 6.07 Å². The number of H-pyrrole nitrogens is 1. The van der Waals surface area contributed by atoms with Crippen molar-refractivity contribution in [1.29, 1.82) is 0 Å². The number of fused-ring (bicyclic) bond motifs is 1. The van der Waals surface area contributed by atoms with Crippen LogP contribution in [0.15, 0.2) is 39.3 Å². The Labute approximate surface area is 168 Å². The molecule has 0 unspecified atom stereocenters. The van der Waals surface area contributed by atoms with Crippen molar-refractivity contribution in [3.05, 3.63) is 51.8 Å². The van der Waals surface area contributed by atoms with Gasteiger partial charge in [0.25, 0.3) is 11.5 Å². The maximum Gasteiger partial charge on any atom is 0.416 e. The number of aromatic amines is 1. The number of carbonyl (C=O) groups excluding carboxylic acids is 2. The number of aromatic nitrogens is 1. The molecule has 2 amide bonds. The number of anilines is 1. The monoisotopic (exact) mass is 443 g/mol. The van der Waals surface area contributed by atoms with E-state index < -0.39 is 29.1 Å². The smallest absolute Gasteiger partial charge is 0.416 e. The van der Waals surface area contributed by atoms with Crippen LogP contribution in [0, 0.1) is 0 Å². The number of nitrogens with one attached hydrogen (secondary N) is 2. The highest BCUT2D eigenvalue weighted by atomic mass is 32.2. The highest BCUT2D eigenvalue weighted by Gasteiger charge is 2.30. The van der Waals surface area contributed by atoms with Gasteiger partial charge in [0.1, 0.15) is 5.75 Å². The van der Waals surface area contributed by atoms with Crippen molar-refractivity contribution in [1.82, 2.24) is 4.98 Å². The van der Waals surface area contributed by atoms with E-state index in [0.29, 0.717) is 0 Å². The van der Waals surface area contributed by atoms with Gasteiger partial charge in [0.2, 0.25) is 5.91 Å². The van der Waals surface area contributed by atoms with Crippen LogP contribution in [0.4, 0.5) is 18.9 Å². The number of nitrogens with two attached hydrogens (primary N) is 1. The van der Waals surface area contributed by atoms with Crippen LogP contribution < -0.4 is 16.6 Å². The topological polar surface area (TPSA) is 125 Å². The van der Waals surface area contributed by atoms with E-state index in [9.17, 15) is 32.7 Å². The molecule has 2 heterocycles. The summed E-state index contributed by atoms with van der Waals surface area (Å²) in [5, 5.41) is 12.2. The van der Waals surface area contributed by atoms with Gasteiger partial charge in [-0.25, -0.2) is 0 Å². The molecule has 0 saturated carbocycles. The number of primary amides is 1. The molecule has 0 atom stereocenters. The molecule has 12 heteroatoms. The molecule has 3 aromatic rings. The number of benzene rings is 1. The van der Waals surface area contributed by atoms with Gasteiger partial charge < -0.3 is 21.1 Å². The van der Waals surface area contributed by atoms with Gasteiger partial charge in [0, 0.05) is 11.8 Å². The molecule has 152 valence electrons. The second-order valence-corrected chi connectivity index (χ2v) is 8.03. The minimum absolute atomic E-state index is 0.0288. The molecule has 0 bridgehead atoms. The Morgan fingerprint density at radius 3 is 2.66 bits per heavy atom. The summed E-state index contributed by atoms with van der Waals surface area (Å²) in [4.78, 5) is 37.9. The van der Waals surface area contributed by atoms with Crippen molar-refractivity contribution in [2.24, 2.45) is 5.73 Å². The van der Waals surface area contributed by atoms with Gasteiger partial charge in [-0.3, -0.25) is 14.4 Å².